The number of carbonyl (C=O) groups is 1. The summed E-state index contributed by atoms with van der Waals surface area (Å²) in [6, 6.07) is 12.3. The number of hydrogen-bond donors (Lipinski definition) is 1. The monoisotopic (exact) mass is 483 g/mol. The van der Waals surface area contributed by atoms with Crippen molar-refractivity contribution in [3.8, 4) is 11.5 Å². The maximum absolute atomic E-state index is 12.8. The van der Waals surface area contributed by atoms with E-state index in [1.165, 1.54) is 12.1 Å². The molecular weight excluding hydrogens is 458 g/mol. The lowest BCUT2D eigenvalue weighted by molar-refractivity contribution is -0.158. The van der Waals surface area contributed by atoms with E-state index < -0.39 is 27.6 Å². The largest absolute Gasteiger partial charge is 0.459 e. The number of carbonyl (C=O) groups excluding carboxylic acids is 1. The maximum atomic E-state index is 12.8. The van der Waals surface area contributed by atoms with Crippen LogP contribution in [0.25, 0.3) is 0 Å². The molecule has 0 heterocycles. The van der Waals surface area contributed by atoms with Crippen molar-refractivity contribution >= 4 is 31.9 Å². The van der Waals surface area contributed by atoms with Crippen LogP contribution in [0.4, 0.5) is 0 Å². The molecule has 0 aliphatic carbocycles. The highest BCUT2D eigenvalue weighted by atomic mass is 79.9. The molecule has 158 valence electrons. The zero-order chi connectivity index (χ0) is 21.8. The topological polar surface area (TPSA) is 81.7 Å². The minimum Gasteiger partial charge on any atom is -0.459 e. The van der Waals surface area contributed by atoms with Crippen LogP contribution in [0.5, 0.6) is 11.5 Å². The summed E-state index contributed by atoms with van der Waals surface area (Å²) in [6.45, 7) is 8.72. The molecular formula is C21H26BrNO5S. The normalized spacial score (nSPS) is 13.2. The predicted molar refractivity (Wildman–Crippen MR) is 115 cm³/mol. The van der Waals surface area contributed by atoms with E-state index in [1.54, 1.807) is 58.9 Å². The zero-order valence-corrected chi connectivity index (χ0v) is 19.5. The summed E-state index contributed by atoms with van der Waals surface area (Å²) in [7, 11) is -3.91. The van der Waals surface area contributed by atoms with Gasteiger partial charge in [0.1, 0.15) is 23.1 Å². The second-order valence-electron chi connectivity index (χ2n) is 7.90. The van der Waals surface area contributed by atoms with Gasteiger partial charge in [-0.3, -0.25) is 4.79 Å². The summed E-state index contributed by atoms with van der Waals surface area (Å²) < 4.78 is 40.0. The van der Waals surface area contributed by atoms with Crippen LogP contribution >= 0.6 is 15.9 Å². The van der Waals surface area contributed by atoms with E-state index in [0.29, 0.717) is 11.5 Å². The summed E-state index contributed by atoms with van der Waals surface area (Å²) in [4.78, 5) is 12.5. The van der Waals surface area contributed by atoms with E-state index in [2.05, 4.69) is 20.7 Å². The quantitative estimate of drug-likeness (QED) is 0.567. The van der Waals surface area contributed by atoms with Crippen LogP contribution in [-0.2, 0) is 19.6 Å². The van der Waals surface area contributed by atoms with Gasteiger partial charge >= 0.3 is 5.97 Å². The first-order valence-electron chi connectivity index (χ1n) is 9.16. The third-order valence-corrected chi connectivity index (χ3v) is 5.78. The molecule has 2 aromatic rings. The Kier molecular flexibility index (Phi) is 7.48. The molecule has 0 aromatic heterocycles. The lowest BCUT2D eigenvalue weighted by atomic mass is 10.1. The van der Waals surface area contributed by atoms with Crippen molar-refractivity contribution < 1.29 is 22.7 Å². The van der Waals surface area contributed by atoms with Gasteiger partial charge in [0.15, 0.2) is 0 Å². The Morgan fingerprint density at radius 2 is 1.45 bits per heavy atom. The Labute approximate surface area is 180 Å². The summed E-state index contributed by atoms with van der Waals surface area (Å²) >= 11 is 3.36. The fourth-order valence-corrected chi connectivity index (χ4v) is 3.98. The first-order chi connectivity index (χ1) is 13.4. The smallest absolute Gasteiger partial charge is 0.324 e. The van der Waals surface area contributed by atoms with Crippen LogP contribution in [0.3, 0.4) is 0 Å². The van der Waals surface area contributed by atoms with E-state index in [-0.39, 0.29) is 10.8 Å². The Hall–Kier alpha value is -1.90. The van der Waals surface area contributed by atoms with Crippen molar-refractivity contribution in [2.45, 2.75) is 51.2 Å². The highest BCUT2D eigenvalue weighted by Crippen LogP contribution is 2.25. The van der Waals surface area contributed by atoms with Gasteiger partial charge in [-0.1, -0.05) is 29.8 Å². The molecule has 0 bridgehead atoms. The molecule has 0 aliphatic heterocycles. The first-order valence-corrected chi connectivity index (χ1v) is 11.4. The Morgan fingerprint density at radius 1 is 0.966 bits per heavy atom. The second kappa shape index (κ2) is 9.28. The fraction of sp³-hybridized carbons (Fsp3) is 0.381. The SMILES string of the molecule is CC(C)[C@@H](NS(=O)(=O)c1ccc(Oc2ccc(Br)cc2)cc1)C(=O)OC(C)(C)C. The molecule has 0 saturated carbocycles. The lowest BCUT2D eigenvalue weighted by Crippen LogP contribution is -2.47. The van der Waals surface area contributed by atoms with Gasteiger partial charge in [0.25, 0.3) is 0 Å². The number of nitrogens with one attached hydrogen (secondary N) is 1. The average molecular weight is 484 g/mol. The van der Waals surface area contributed by atoms with Crippen molar-refractivity contribution in [3.05, 3.63) is 53.0 Å². The van der Waals surface area contributed by atoms with E-state index in [1.807, 2.05) is 12.1 Å². The van der Waals surface area contributed by atoms with Gasteiger partial charge in [-0.25, -0.2) is 8.42 Å². The van der Waals surface area contributed by atoms with Gasteiger partial charge in [0.2, 0.25) is 10.0 Å². The van der Waals surface area contributed by atoms with Gasteiger partial charge < -0.3 is 9.47 Å². The molecule has 1 atom stereocenters. The molecule has 0 aliphatic rings. The van der Waals surface area contributed by atoms with Gasteiger partial charge in [-0.15, -0.1) is 0 Å². The summed E-state index contributed by atoms with van der Waals surface area (Å²) in [5.41, 5.74) is -0.707. The molecule has 0 unspecified atom stereocenters. The summed E-state index contributed by atoms with van der Waals surface area (Å²) in [6.07, 6.45) is 0. The molecule has 0 fully saturated rings. The molecule has 0 amide bonds. The summed E-state index contributed by atoms with van der Waals surface area (Å²) in [5.74, 6) is 0.247. The molecule has 0 radical (unpaired) electrons. The van der Waals surface area contributed by atoms with Gasteiger partial charge in [-0.2, -0.15) is 4.72 Å². The van der Waals surface area contributed by atoms with Crippen molar-refractivity contribution in [2.75, 3.05) is 0 Å². The number of rotatable bonds is 7. The minimum absolute atomic E-state index is 0.0369. The molecule has 8 heteroatoms. The molecule has 2 aromatic carbocycles. The fourth-order valence-electron chi connectivity index (χ4n) is 2.38. The third-order valence-electron chi connectivity index (χ3n) is 3.79. The standard InChI is InChI=1S/C21H26BrNO5S/c1-14(2)19(20(24)28-21(3,4)5)23-29(25,26)18-12-10-17(11-13-18)27-16-8-6-15(22)7-9-16/h6-14,19,23H,1-5H3/t19-/m1/s1. The minimum atomic E-state index is -3.91. The number of esters is 1. The highest BCUT2D eigenvalue weighted by molar-refractivity contribution is 9.10. The molecule has 1 N–H and O–H groups in total. The van der Waals surface area contributed by atoms with Crippen molar-refractivity contribution in [1.82, 2.24) is 4.72 Å². The van der Waals surface area contributed by atoms with Gasteiger partial charge in [0.05, 0.1) is 4.90 Å². The van der Waals surface area contributed by atoms with Gasteiger partial charge in [0, 0.05) is 4.47 Å². The van der Waals surface area contributed by atoms with Crippen LogP contribution in [-0.4, -0.2) is 26.0 Å². The molecule has 0 spiro atoms. The van der Waals surface area contributed by atoms with E-state index in [0.717, 1.165) is 4.47 Å². The van der Waals surface area contributed by atoms with E-state index >= 15 is 0 Å². The maximum Gasteiger partial charge on any atom is 0.324 e. The lowest BCUT2D eigenvalue weighted by Gasteiger charge is -2.26. The Morgan fingerprint density at radius 3 is 1.90 bits per heavy atom. The van der Waals surface area contributed by atoms with Crippen LogP contribution in [0.2, 0.25) is 0 Å². The Balaban J connectivity index is 2.14. The molecule has 6 nitrogen and oxygen atoms in total. The molecule has 0 saturated heterocycles. The van der Waals surface area contributed by atoms with Crippen molar-refractivity contribution in [1.29, 1.82) is 0 Å². The van der Waals surface area contributed by atoms with Crippen LogP contribution in [0, 0.1) is 5.92 Å². The van der Waals surface area contributed by atoms with Crippen molar-refractivity contribution in [3.63, 3.8) is 0 Å². The highest BCUT2D eigenvalue weighted by Gasteiger charge is 2.32. The van der Waals surface area contributed by atoms with Crippen LogP contribution in [0.1, 0.15) is 34.6 Å². The first kappa shape index (κ1) is 23.4. The van der Waals surface area contributed by atoms with E-state index in [4.69, 9.17) is 9.47 Å². The van der Waals surface area contributed by atoms with Crippen LogP contribution in [0.15, 0.2) is 57.9 Å². The number of ether oxygens (including phenoxy) is 2. The number of benzene rings is 2. The van der Waals surface area contributed by atoms with Gasteiger partial charge in [-0.05, 0) is 75.2 Å². The average Bonchev–Trinajstić information content (AvgIpc) is 2.60. The zero-order valence-electron chi connectivity index (χ0n) is 17.1. The van der Waals surface area contributed by atoms with Crippen molar-refractivity contribution in [2.24, 2.45) is 5.92 Å². The second-order valence-corrected chi connectivity index (χ2v) is 10.5. The molecule has 2 rings (SSSR count). The summed E-state index contributed by atoms with van der Waals surface area (Å²) in [5, 5.41) is 0. The predicted octanol–water partition coefficient (Wildman–Crippen LogP) is 4.89. The third kappa shape index (κ3) is 7.13. The number of hydrogen-bond acceptors (Lipinski definition) is 5. The number of halogens is 1. The van der Waals surface area contributed by atoms with E-state index in [9.17, 15) is 13.2 Å². The Bertz CT molecular complexity index is 933. The van der Waals surface area contributed by atoms with Crippen LogP contribution < -0.4 is 9.46 Å². The molecule has 29 heavy (non-hydrogen) atoms. The number of sulfonamides is 1.